The molecule has 0 unspecified atom stereocenters. The topological polar surface area (TPSA) is 37.3 Å². The van der Waals surface area contributed by atoms with Gasteiger partial charge in [-0.25, -0.2) is 0 Å². The maximum atomic E-state index is 10.6. The standard InChI is InChI=1S/C10H20O2/c1-7(2)10(5,8(3)4)6-9(11)12/h7-8H,6H2,1-5H3,(H,11,12). The van der Waals surface area contributed by atoms with Crippen LogP contribution in [0.1, 0.15) is 41.0 Å². The van der Waals surface area contributed by atoms with Crippen LogP contribution in [-0.4, -0.2) is 11.1 Å². The SMILES string of the molecule is CC(C)C(C)(CC(=O)O)C(C)C. The minimum atomic E-state index is -0.695. The Balaban J connectivity index is 4.51. The van der Waals surface area contributed by atoms with E-state index in [4.69, 9.17) is 5.11 Å². The van der Waals surface area contributed by atoms with E-state index in [2.05, 4.69) is 34.6 Å². The summed E-state index contributed by atoms with van der Waals surface area (Å²) in [6.07, 6.45) is 0.266. The van der Waals surface area contributed by atoms with E-state index >= 15 is 0 Å². The molecule has 0 saturated carbocycles. The first kappa shape index (κ1) is 11.5. The van der Waals surface area contributed by atoms with Crippen LogP contribution in [0.5, 0.6) is 0 Å². The second-order valence-corrected chi connectivity index (χ2v) is 4.39. The first-order valence-electron chi connectivity index (χ1n) is 4.52. The summed E-state index contributed by atoms with van der Waals surface area (Å²) < 4.78 is 0. The Labute approximate surface area is 75.0 Å². The van der Waals surface area contributed by atoms with E-state index < -0.39 is 5.97 Å². The molecule has 2 heteroatoms. The van der Waals surface area contributed by atoms with Crippen molar-refractivity contribution in [3.05, 3.63) is 0 Å². The molecule has 2 nitrogen and oxygen atoms in total. The maximum Gasteiger partial charge on any atom is 0.303 e. The molecule has 12 heavy (non-hydrogen) atoms. The van der Waals surface area contributed by atoms with Gasteiger partial charge in [0.25, 0.3) is 0 Å². The van der Waals surface area contributed by atoms with Crippen LogP contribution in [0.4, 0.5) is 0 Å². The van der Waals surface area contributed by atoms with Gasteiger partial charge in [-0.2, -0.15) is 0 Å². The lowest BCUT2D eigenvalue weighted by Crippen LogP contribution is -2.32. The minimum Gasteiger partial charge on any atom is -0.481 e. The first-order chi connectivity index (χ1) is 5.30. The Bertz CT molecular complexity index is 151. The lowest BCUT2D eigenvalue weighted by Gasteiger charge is -2.36. The molecule has 0 fully saturated rings. The zero-order chi connectivity index (χ0) is 9.94. The number of hydrogen-bond donors (Lipinski definition) is 1. The third kappa shape index (κ3) is 2.50. The summed E-state index contributed by atoms with van der Waals surface area (Å²) in [6, 6.07) is 0. The number of carboxylic acid groups (broad SMARTS) is 1. The molecule has 0 rings (SSSR count). The van der Waals surface area contributed by atoms with Gasteiger partial charge in [0, 0.05) is 0 Å². The molecular formula is C10H20O2. The molecule has 0 spiro atoms. The summed E-state index contributed by atoms with van der Waals surface area (Å²) in [5, 5.41) is 8.75. The zero-order valence-corrected chi connectivity index (χ0v) is 8.72. The average Bonchev–Trinajstić information content (AvgIpc) is 1.84. The van der Waals surface area contributed by atoms with Gasteiger partial charge in [0.1, 0.15) is 0 Å². The summed E-state index contributed by atoms with van der Waals surface area (Å²) in [7, 11) is 0. The molecule has 72 valence electrons. The average molecular weight is 172 g/mol. The third-order valence-corrected chi connectivity index (χ3v) is 3.17. The van der Waals surface area contributed by atoms with Crippen LogP contribution in [0, 0.1) is 17.3 Å². The molecule has 0 aliphatic heterocycles. The molecule has 0 aromatic heterocycles. The van der Waals surface area contributed by atoms with E-state index in [1.165, 1.54) is 0 Å². The predicted octanol–water partition coefficient (Wildman–Crippen LogP) is 2.78. The van der Waals surface area contributed by atoms with Crippen LogP contribution in [-0.2, 0) is 4.79 Å². The van der Waals surface area contributed by atoms with Crippen molar-refractivity contribution in [1.82, 2.24) is 0 Å². The Hall–Kier alpha value is -0.530. The normalized spacial score (nSPS) is 12.6. The van der Waals surface area contributed by atoms with Gasteiger partial charge in [-0.1, -0.05) is 34.6 Å². The van der Waals surface area contributed by atoms with Gasteiger partial charge in [-0.05, 0) is 17.3 Å². The predicted molar refractivity (Wildman–Crippen MR) is 50.0 cm³/mol. The van der Waals surface area contributed by atoms with Gasteiger partial charge in [0.2, 0.25) is 0 Å². The van der Waals surface area contributed by atoms with E-state index in [1.54, 1.807) is 0 Å². The van der Waals surface area contributed by atoms with Crippen LogP contribution < -0.4 is 0 Å². The van der Waals surface area contributed by atoms with Crippen molar-refractivity contribution in [2.24, 2.45) is 17.3 Å². The van der Waals surface area contributed by atoms with E-state index in [-0.39, 0.29) is 11.8 Å². The van der Waals surface area contributed by atoms with Crippen LogP contribution in [0.25, 0.3) is 0 Å². The molecule has 0 amide bonds. The summed E-state index contributed by atoms with van der Waals surface area (Å²) in [5.74, 6) is 0.127. The number of aliphatic carboxylic acids is 1. The van der Waals surface area contributed by atoms with Crippen molar-refractivity contribution < 1.29 is 9.90 Å². The van der Waals surface area contributed by atoms with Gasteiger partial charge < -0.3 is 5.11 Å². The number of hydrogen-bond acceptors (Lipinski definition) is 1. The summed E-state index contributed by atoms with van der Waals surface area (Å²) in [5.41, 5.74) is -0.0775. The van der Waals surface area contributed by atoms with Crippen LogP contribution in [0.15, 0.2) is 0 Å². The zero-order valence-electron chi connectivity index (χ0n) is 8.72. The number of rotatable bonds is 4. The summed E-state index contributed by atoms with van der Waals surface area (Å²) >= 11 is 0. The Morgan fingerprint density at radius 3 is 1.67 bits per heavy atom. The number of carboxylic acids is 1. The molecule has 0 aromatic rings. The van der Waals surface area contributed by atoms with Gasteiger partial charge in [-0.3, -0.25) is 4.79 Å². The van der Waals surface area contributed by atoms with E-state index in [0.717, 1.165) is 0 Å². The number of carbonyl (C=O) groups is 1. The van der Waals surface area contributed by atoms with Crippen LogP contribution in [0.2, 0.25) is 0 Å². The fourth-order valence-corrected chi connectivity index (χ4v) is 1.40. The van der Waals surface area contributed by atoms with Crippen molar-refractivity contribution in [1.29, 1.82) is 0 Å². The molecule has 0 aromatic carbocycles. The molecule has 0 aliphatic rings. The molecule has 0 saturated heterocycles. The highest BCUT2D eigenvalue weighted by molar-refractivity contribution is 5.67. The Morgan fingerprint density at radius 2 is 1.58 bits per heavy atom. The fourth-order valence-electron chi connectivity index (χ4n) is 1.40. The molecule has 0 radical (unpaired) electrons. The van der Waals surface area contributed by atoms with E-state index in [1.807, 2.05) is 0 Å². The summed E-state index contributed by atoms with van der Waals surface area (Å²) in [4.78, 5) is 10.6. The minimum absolute atomic E-state index is 0.0775. The highest BCUT2D eigenvalue weighted by atomic mass is 16.4. The van der Waals surface area contributed by atoms with E-state index in [0.29, 0.717) is 11.8 Å². The maximum absolute atomic E-state index is 10.6. The molecule has 0 bridgehead atoms. The quantitative estimate of drug-likeness (QED) is 0.708. The van der Waals surface area contributed by atoms with Crippen LogP contribution >= 0.6 is 0 Å². The van der Waals surface area contributed by atoms with E-state index in [9.17, 15) is 4.79 Å². The Morgan fingerprint density at radius 1 is 1.25 bits per heavy atom. The van der Waals surface area contributed by atoms with Crippen molar-refractivity contribution in [2.75, 3.05) is 0 Å². The third-order valence-electron chi connectivity index (χ3n) is 3.17. The van der Waals surface area contributed by atoms with Crippen molar-refractivity contribution >= 4 is 5.97 Å². The second-order valence-electron chi connectivity index (χ2n) is 4.39. The first-order valence-corrected chi connectivity index (χ1v) is 4.52. The van der Waals surface area contributed by atoms with Crippen molar-refractivity contribution in [3.8, 4) is 0 Å². The molecule has 0 aliphatic carbocycles. The van der Waals surface area contributed by atoms with Gasteiger partial charge >= 0.3 is 5.97 Å². The van der Waals surface area contributed by atoms with Gasteiger partial charge in [0.05, 0.1) is 6.42 Å². The van der Waals surface area contributed by atoms with Crippen molar-refractivity contribution in [3.63, 3.8) is 0 Å². The molecular weight excluding hydrogens is 152 g/mol. The highest BCUT2D eigenvalue weighted by Crippen LogP contribution is 2.38. The molecule has 0 heterocycles. The van der Waals surface area contributed by atoms with Crippen LogP contribution in [0.3, 0.4) is 0 Å². The van der Waals surface area contributed by atoms with Gasteiger partial charge in [0.15, 0.2) is 0 Å². The molecule has 1 N–H and O–H groups in total. The highest BCUT2D eigenvalue weighted by Gasteiger charge is 2.34. The fraction of sp³-hybridized carbons (Fsp3) is 0.900. The Kier molecular flexibility index (Phi) is 3.75. The smallest absolute Gasteiger partial charge is 0.303 e. The lowest BCUT2D eigenvalue weighted by atomic mass is 9.68. The molecule has 0 atom stereocenters. The summed E-state index contributed by atoms with van der Waals surface area (Å²) in [6.45, 7) is 10.4. The lowest BCUT2D eigenvalue weighted by molar-refractivity contribution is -0.141. The second kappa shape index (κ2) is 3.92. The van der Waals surface area contributed by atoms with Gasteiger partial charge in [-0.15, -0.1) is 0 Å². The largest absolute Gasteiger partial charge is 0.481 e. The monoisotopic (exact) mass is 172 g/mol. The van der Waals surface area contributed by atoms with Crippen molar-refractivity contribution in [2.45, 2.75) is 41.0 Å².